The number of nitrogens with zero attached hydrogens (tertiary/aromatic N) is 1. The summed E-state index contributed by atoms with van der Waals surface area (Å²) in [5.74, 6) is -0.140. The fourth-order valence-corrected chi connectivity index (χ4v) is 2.20. The number of carboxylic acids is 1. The second kappa shape index (κ2) is 5.90. The summed E-state index contributed by atoms with van der Waals surface area (Å²) in [6.45, 7) is 2.23. The highest BCUT2D eigenvalue weighted by Gasteiger charge is 2.28. The summed E-state index contributed by atoms with van der Waals surface area (Å²) in [6, 6.07) is 4.49. The first-order valence-corrected chi connectivity index (χ1v) is 6.15. The molecule has 1 heterocycles. The normalized spacial score (nSPS) is 20.2. The number of phenols is 1. The molecule has 6 nitrogen and oxygen atoms in total. The van der Waals surface area contributed by atoms with E-state index in [1.54, 1.807) is 12.1 Å². The van der Waals surface area contributed by atoms with Crippen LogP contribution in [0.25, 0.3) is 0 Å². The Kier molecular flexibility index (Phi) is 4.24. The van der Waals surface area contributed by atoms with Gasteiger partial charge in [-0.25, -0.2) is 0 Å². The van der Waals surface area contributed by atoms with Crippen LogP contribution in [0.4, 0.5) is 0 Å². The van der Waals surface area contributed by atoms with Gasteiger partial charge in [-0.15, -0.1) is 0 Å². The standard InChI is InChI=1S/C13H18N2O4/c1-19-10-3-2-9(12(16)6-10)8-15-5-4-14-7-11(15)13(17)18/h2-3,6,11,14,16H,4-5,7-8H2,1H3,(H,17,18). The number of rotatable bonds is 4. The Morgan fingerprint density at radius 1 is 1.58 bits per heavy atom. The fraction of sp³-hybridized carbons (Fsp3) is 0.462. The van der Waals surface area contributed by atoms with Crippen molar-refractivity contribution in [3.8, 4) is 11.5 Å². The zero-order chi connectivity index (χ0) is 13.8. The Balaban J connectivity index is 2.12. The molecule has 1 unspecified atom stereocenters. The number of carboxylic acid groups (broad SMARTS) is 1. The molecule has 1 saturated heterocycles. The maximum absolute atomic E-state index is 11.2. The molecule has 0 amide bonds. The molecule has 6 heteroatoms. The van der Waals surface area contributed by atoms with Crippen molar-refractivity contribution >= 4 is 5.97 Å². The molecule has 0 aromatic heterocycles. The number of hydrogen-bond acceptors (Lipinski definition) is 5. The minimum Gasteiger partial charge on any atom is -0.507 e. The number of ether oxygens (including phenoxy) is 1. The van der Waals surface area contributed by atoms with Gasteiger partial charge in [0.1, 0.15) is 17.5 Å². The zero-order valence-corrected chi connectivity index (χ0v) is 10.8. The lowest BCUT2D eigenvalue weighted by Crippen LogP contribution is -2.54. The lowest BCUT2D eigenvalue weighted by atomic mass is 10.1. The summed E-state index contributed by atoms with van der Waals surface area (Å²) >= 11 is 0. The largest absolute Gasteiger partial charge is 0.507 e. The summed E-state index contributed by atoms with van der Waals surface area (Å²) in [5, 5.41) is 22.1. The van der Waals surface area contributed by atoms with Crippen LogP contribution in [-0.2, 0) is 11.3 Å². The van der Waals surface area contributed by atoms with Gasteiger partial charge in [0, 0.05) is 37.8 Å². The SMILES string of the molecule is COc1ccc(CN2CCNCC2C(=O)O)c(O)c1. The van der Waals surface area contributed by atoms with Crippen LogP contribution < -0.4 is 10.1 Å². The molecule has 1 aromatic carbocycles. The van der Waals surface area contributed by atoms with Crippen LogP contribution in [0.3, 0.4) is 0 Å². The van der Waals surface area contributed by atoms with Crippen molar-refractivity contribution in [1.82, 2.24) is 10.2 Å². The number of benzene rings is 1. The van der Waals surface area contributed by atoms with E-state index in [0.717, 1.165) is 6.54 Å². The van der Waals surface area contributed by atoms with Crippen molar-refractivity contribution in [2.75, 3.05) is 26.7 Å². The number of hydrogen-bond donors (Lipinski definition) is 3. The monoisotopic (exact) mass is 266 g/mol. The lowest BCUT2D eigenvalue weighted by molar-refractivity contribution is -0.144. The van der Waals surface area contributed by atoms with E-state index >= 15 is 0 Å². The molecule has 3 N–H and O–H groups in total. The minimum atomic E-state index is -0.847. The Hall–Kier alpha value is -1.79. The second-order valence-electron chi connectivity index (χ2n) is 4.52. The minimum absolute atomic E-state index is 0.127. The first kappa shape index (κ1) is 13.6. The van der Waals surface area contributed by atoms with Gasteiger partial charge in [-0.2, -0.15) is 0 Å². The lowest BCUT2D eigenvalue weighted by Gasteiger charge is -2.33. The molecular formula is C13H18N2O4. The van der Waals surface area contributed by atoms with Gasteiger partial charge < -0.3 is 20.3 Å². The molecule has 1 atom stereocenters. The number of aliphatic carboxylic acids is 1. The molecule has 2 rings (SSSR count). The van der Waals surface area contributed by atoms with Crippen molar-refractivity contribution < 1.29 is 19.7 Å². The summed E-state index contributed by atoms with van der Waals surface area (Å²) < 4.78 is 5.02. The van der Waals surface area contributed by atoms with E-state index in [0.29, 0.717) is 30.9 Å². The number of aromatic hydroxyl groups is 1. The number of nitrogens with one attached hydrogen (secondary N) is 1. The van der Waals surface area contributed by atoms with Crippen LogP contribution in [0.5, 0.6) is 11.5 Å². The van der Waals surface area contributed by atoms with Crippen LogP contribution in [0.2, 0.25) is 0 Å². The van der Waals surface area contributed by atoms with E-state index in [4.69, 9.17) is 4.74 Å². The molecular weight excluding hydrogens is 248 g/mol. The molecule has 1 aromatic rings. The topological polar surface area (TPSA) is 82.0 Å². The van der Waals surface area contributed by atoms with Gasteiger partial charge in [-0.1, -0.05) is 6.07 Å². The third-order valence-electron chi connectivity index (χ3n) is 3.31. The maximum atomic E-state index is 11.2. The highest BCUT2D eigenvalue weighted by Crippen LogP contribution is 2.25. The molecule has 1 aliphatic heterocycles. The third-order valence-corrected chi connectivity index (χ3v) is 3.31. The smallest absolute Gasteiger partial charge is 0.322 e. The van der Waals surface area contributed by atoms with E-state index in [1.807, 2.05) is 4.90 Å². The highest BCUT2D eigenvalue weighted by molar-refractivity contribution is 5.74. The molecule has 1 fully saturated rings. The van der Waals surface area contributed by atoms with Gasteiger partial charge in [-0.05, 0) is 6.07 Å². The Morgan fingerprint density at radius 3 is 3.00 bits per heavy atom. The quantitative estimate of drug-likeness (QED) is 0.725. The average molecular weight is 266 g/mol. The van der Waals surface area contributed by atoms with Crippen molar-refractivity contribution in [2.45, 2.75) is 12.6 Å². The fourth-order valence-electron chi connectivity index (χ4n) is 2.20. The molecule has 0 saturated carbocycles. The maximum Gasteiger partial charge on any atom is 0.322 e. The van der Waals surface area contributed by atoms with Crippen LogP contribution in [0, 0.1) is 0 Å². The van der Waals surface area contributed by atoms with Gasteiger partial charge in [-0.3, -0.25) is 9.69 Å². The molecule has 1 aliphatic rings. The molecule has 0 spiro atoms. The predicted molar refractivity (Wildman–Crippen MR) is 69.4 cm³/mol. The Morgan fingerprint density at radius 2 is 2.37 bits per heavy atom. The number of methoxy groups -OCH3 is 1. The first-order valence-electron chi connectivity index (χ1n) is 6.15. The van der Waals surface area contributed by atoms with Crippen LogP contribution in [-0.4, -0.2) is 53.9 Å². The van der Waals surface area contributed by atoms with Gasteiger partial charge in [0.15, 0.2) is 0 Å². The molecule has 0 radical (unpaired) electrons. The summed E-state index contributed by atoms with van der Waals surface area (Å²) in [5.41, 5.74) is 0.703. The van der Waals surface area contributed by atoms with Crippen molar-refractivity contribution in [3.05, 3.63) is 23.8 Å². The van der Waals surface area contributed by atoms with Crippen molar-refractivity contribution in [2.24, 2.45) is 0 Å². The van der Waals surface area contributed by atoms with E-state index in [-0.39, 0.29) is 5.75 Å². The van der Waals surface area contributed by atoms with Crippen LogP contribution in [0.15, 0.2) is 18.2 Å². The third kappa shape index (κ3) is 3.15. The molecule has 104 valence electrons. The molecule has 0 aliphatic carbocycles. The van der Waals surface area contributed by atoms with E-state index in [1.165, 1.54) is 13.2 Å². The highest BCUT2D eigenvalue weighted by atomic mass is 16.5. The predicted octanol–water partition coefficient (Wildman–Crippen LogP) is 0.259. The summed E-state index contributed by atoms with van der Waals surface area (Å²) in [4.78, 5) is 13.0. The van der Waals surface area contributed by atoms with E-state index < -0.39 is 12.0 Å². The number of piperazine rings is 1. The van der Waals surface area contributed by atoms with Crippen LogP contribution >= 0.6 is 0 Å². The Bertz CT molecular complexity index is 464. The van der Waals surface area contributed by atoms with Crippen molar-refractivity contribution in [3.63, 3.8) is 0 Å². The van der Waals surface area contributed by atoms with Gasteiger partial charge >= 0.3 is 5.97 Å². The second-order valence-corrected chi connectivity index (χ2v) is 4.52. The summed E-state index contributed by atoms with van der Waals surface area (Å²) in [6.07, 6.45) is 0. The molecule has 0 bridgehead atoms. The van der Waals surface area contributed by atoms with Gasteiger partial charge in [0.05, 0.1) is 7.11 Å². The van der Waals surface area contributed by atoms with Crippen LogP contribution in [0.1, 0.15) is 5.56 Å². The number of phenolic OH excluding ortho intramolecular Hbond substituents is 1. The van der Waals surface area contributed by atoms with E-state index in [9.17, 15) is 15.0 Å². The van der Waals surface area contributed by atoms with Gasteiger partial charge in [0.25, 0.3) is 0 Å². The van der Waals surface area contributed by atoms with E-state index in [2.05, 4.69) is 5.32 Å². The Labute approximate surface area is 111 Å². The number of carbonyl (C=O) groups is 1. The first-order chi connectivity index (χ1) is 9.11. The van der Waals surface area contributed by atoms with Crippen molar-refractivity contribution in [1.29, 1.82) is 0 Å². The summed E-state index contributed by atoms with van der Waals surface area (Å²) in [7, 11) is 1.53. The average Bonchev–Trinajstić information content (AvgIpc) is 2.41. The molecule has 19 heavy (non-hydrogen) atoms. The zero-order valence-electron chi connectivity index (χ0n) is 10.8. The van der Waals surface area contributed by atoms with Gasteiger partial charge in [0.2, 0.25) is 0 Å².